The van der Waals surface area contributed by atoms with E-state index in [-0.39, 0.29) is 11.3 Å². The Morgan fingerprint density at radius 3 is 2.53 bits per heavy atom. The van der Waals surface area contributed by atoms with Gasteiger partial charge < -0.3 is 19.5 Å². The van der Waals surface area contributed by atoms with Gasteiger partial charge in [-0.25, -0.2) is 0 Å². The van der Waals surface area contributed by atoms with Crippen LogP contribution in [0.15, 0.2) is 66.8 Å². The molecule has 1 heterocycles. The molecule has 1 unspecified atom stereocenters. The van der Waals surface area contributed by atoms with E-state index in [0.717, 1.165) is 0 Å². The van der Waals surface area contributed by atoms with Crippen LogP contribution in [0.3, 0.4) is 0 Å². The number of benzene rings is 2. The van der Waals surface area contributed by atoms with Crippen molar-refractivity contribution in [1.82, 2.24) is 4.90 Å². The van der Waals surface area contributed by atoms with Crippen LogP contribution < -0.4 is 9.47 Å². The molecule has 1 amide bonds. The van der Waals surface area contributed by atoms with Crippen molar-refractivity contribution in [2.45, 2.75) is 19.4 Å². The number of Topliss-reactive ketones (excluding diaryl/α,β-unsaturated/α-hetero) is 1. The minimum atomic E-state index is -0.694. The van der Waals surface area contributed by atoms with Crippen LogP contribution in [0, 0.1) is 0 Å². The number of aliphatic hydroxyl groups is 1. The summed E-state index contributed by atoms with van der Waals surface area (Å²) in [5, 5.41) is 11.0. The highest BCUT2D eigenvalue weighted by molar-refractivity contribution is 6.46. The number of hydrogen-bond acceptors (Lipinski definition) is 5. The summed E-state index contributed by atoms with van der Waals surface area (Å²) in [5.41, 5.74) is 1.21. The monoisotopic (exact) mass is 407 g/mol. The van der Waals surface area contributed by atoms with Gasteiger partial charge in [-0.3, -0.25) is 9.59 Å². The largest absolute Gasteiger partial charge is 0.507 e. The summed E-state index contributed by atoms with van der Waals surface area (Å²) in [6.07, 6.45) is 2.32. The average molecular weight is 407 g/mol. The van der Waals surface area contributed by atoms with Gasteiger partial charge in [-0.1, -0.05) is 31.7 Å². The minimum Gasteiger partial charge on any atom is -0.507 e. The molecule has 156 valence electrons. The first-order valence-electron chi connectivity index (χ1n) is 9.78. The lowest BCUT2D eigenvalue weighted by Gasteiger charge is -2.25. The summed E-state index contributed by atoms with van der Waals surface area (Å²) in [4.78, 5) is 27.1. The molecule has 30 heavy (non-hydrogen) atoms. The number of aliphatic hydroxyl groups excluding tert-OH is 1. The lowest BCUT2D eigenvalue weighted by atomic mass is 9.95. The number of methoxy groups -OCH3 is 1. The maximum absolute atomic E-state index is 12.9. The van der Waals surface area contributed by atoms with Crippen LogP contribution in [0.1, 0.15) is 30.5 Å². The zero-order chi connectivity index (χ0) is 21.7. The molecule has 1 aliphatic rings. The molecule has 0 aromatic heterocycles. The van der Waals surface area contributed by atoms with E-state index in [1.165, 1.54) is 4.90 Å². The SMILES string of the molecule is C=CCOc1ccc(/C(O)=C2/C(=O)C(=O)N(CCC)C2c2cccc(OC)c2)cc1. The molecule has 1 atom stereocenters. The highest BCUT2D eigenvalue weighted by Gasteiger charge is 2.45. The predicted octanol–water partition coefficient (Wildman–Crippen LogP) is 4.09. The smallest absolute Gasteiger partial charge is 0.295 e. The molecule has 1 N–H and O–H groups in total. The molecule has 0 bridgehead atoms. The molecule has 1 aliphatic heterocycles. The number of likely N-dealkylation sites (tertiary alicyclic amines) is 1. The third kappa shape index (κ3) is 4.08. The van der Waals surface area contributed by atoms with Crippen LogP contribution in [-0.2, 0) is 9.59 Å². The summed E-state index contributed by atoms with van der Waals surface area (Å²) in [5.74, 6) is -0.298. The fourth-order valence-corrected chi connectivity index (χ4v) is 3.53. The molecule has 2 aromatic rings. The number of ketones is 1. The third-order valence-electron chi connectivity index (χ3n) is 4.91. The van der Waals surface area contributed by atoms with Crippen LogP contribution in [0.2, 0.25) is 0 Å². The van der Waals surface area contributed by atoms with E-state index in [2.05, 4.69) is 6.58 Å². The zero-order valence-electron chi connectivity index (χ0n) is 17.1. The summed E-state index contributed by atoms with van der Waals surface area (Å²) in [7, 11) is 1.55. The maximum atomic E-state index is 12.9. The number of carbonyl (C=O) groups excluding carboxylic acids is 2. The fourth-order valence-electron chi connectivity index (χ4n) is 3.53. The molecular formula is C24H25NO5. The van der Waals surface area contributed by atoms with Crippen LogP contribution in [0.4, 0.5) is 0 Å². The van der Waals surface area contributed by atoms with Crippen molar-refractivity contribution in [3.8, 4) is 11.5 Å². The van der Waals surface area contributed by atoms with Crippen molar-refractivity contribution in [1.29, 1.82) is 0 Å². The van der Waals surface area contributed by atoms with E-state index >= 15 is 0 Å². The van der Waals surface area contributed by atoms with Gasteiger partial charge in [0.2, 0.25) is 0 Å². The Morgan fingerprint density at radius 1 is 1.17 bits per heavy atom. The van der Waals surface area contributed by atoms with E-state index in [4.69, 9.17) is 9.47 Å². The van der Waals surface area contributed by atoms with Crippen molar-refractivity contribution in [3.63, 3.8) is 0 Å². The standard InChI is InChI=1S/C24H25NO5/c1-4-13-25-21(17-7-6-8-19(15-17)29-3)20(23(27)24(25)28)22(26)16-9-11-18(12-10-16)30-14-5-2/h5-12,15,21,26H,2,4,13-14H2,1,3H3/b22-20-. The second kappa shape index (κ2) is 9.31. The Kier molecular flexibility index (Phi) is 6.57. The van der Waals surface area contributed by atoms with Crippen molar-refractivity contribution < 1.29 is 24.2 Å². The van der Waals surface area contributed by atoms with Gasteiger partial charge in [0.15, 0.2) is 0 Å². The molecule has 0 radical (unpaired) electrons. The van der Waals surface area contributed by atoms with E-state index in [9.17, 15) is 14.7 Å². The molecule has 0 saturated carbocycles. The first-order valence-corrected chi connectivity index (χ1v) is 9.78. The lowest BCUT2D eigenvalue weighted by molar-refractivity contribution is -0.139. The number of nitrogens with zero attached hydrogens (tertiary/aromatic N) is 1. The predicted molar refractivity (Wildman–Crippen MR) is 114 cm³/mol. The third-order valence-corrected chi connectivity index (χ3v) is 4.91. The average Bonchev–Trinajstić information content (AvgIpc) is 3.03. The van der Waals surface area contributed by atoms with E-state index in [1.54, 1.807) is 55.7 Å². The van der Waals surface area contributed by atoms with Crippen LogP contribution in [0.25, 0.3) is 5.76 Å². The second-order valence-electron chi connectivity index (χ2n) is 6.89. The van der Waals surface area contributed by atoms with Gasteiger partial charge in [-0.05, 0) is 48.4 Å². The number of carbonyl (C=O) groups is 2. The van der Waals surface area contributed by atoms with E-state index < -0.39 is 17.7 Å². The highest BCUT2D eigenvalue weighted by Crippen LogP contribution is 2.40. The Hall–Kier alpha value is -3.54. The van der Waals surface area contributed by atoms with Gasteiger partial charge in [0.1, 0.15) is 23.9 Å². The van der Waals surface area contributed by atoms with E-state index in [0.29, 0.717) is 42.2 Å². The molecule has 0 aliphatic carbocycles. The molecule has 2 aromatic carbocycles. The Balaban J connectivity index is 2.09. The maximum Gasteiger partial charge on any atom is 0.295 e. The van der Waals surface area contributed by atoms with Gasteiger partial charge in [-0.15, -0.1) is 0 Å². The summed E-state index contributed by atoms with van der Waals surface area (Å²) in [6, 6.07) is 13.2. The number of amides is 1. The summed E-state index contributed by atoms with van der Waals surface area (Å²) in [6.45, 7) is 6.30. The topological polar surface area (TPSA) is 76.1 Å². The molecule has 3 rings (SSSR count). The quantitative estimate of drug-likeness (QED) is 0.309. The van der Waals surface area contributed by atoms with Gasteiger partial charge in [0.05, 0.1) is 18.7 Å². The van der Waals surface area contributed by atoms with Crippen LogP contribution in [-0.4, -0.2) is 42.0 Å². The number of rotatable bonds is 8. The van der Waals surface area contributed by atoms with Crippen molar-refractivity contribution in [3.05, 3.63) is 77.9 Å². The van der Waals surface area contributed by atoms with Gasteiger partial charge in [-0.2, -0.15) is 0 Å². The molecule has 6 heteroatoms. The van der Waals surface area contributed by atoms with Crippen LogP contribution in [0.5, 0.6) is 11.5 Å². The van der Waals surface area contributed by atoms with Crippen molar-refractivity contribution in [2.24, 2.45) is 0 Å². The highest BCUT2D eigenvalue weighted by atomic mass is 16.5. The second-order valence-corrected chi connectivity index (χ2v) is 6.89. The van der Waals surface area contributed by atoms with E-state index in [1.807, 2.05) is 13.0 Å². The Bertz CT molecular complexity index is 977. The molecule has 1 fully saturated rings. The van der Waals surface area contributed by atoms with Crippen molar-refractivity contribution in [2.75, 3.05) is 20.3 Å². The number of hydrogen-bond donors (Lipinski definition) is 1. The molecule has 0 spiro atoms. The first kappa shape index (κ1) is 21.2. The number of ether oxygens (including phenoxy) is 2. The minimum absolute atomic E-state index is 0.0708. The lowest BCUT2D eigenvalue weighted by Crippen LogP contribution is -2.30. The van der Waals surface area contributed by atoms with Crippen molar-refractivity contribution >= 4 is 17.4 Å². The molecule has 1 saturated heterocycles. The molecule has 6 nitrogen and oxygen atoms in total. The Morgan fingerprint density at radius 2 is 1.90 bits per heavy atom. The first-order chi connectivity index (χ1) is 14.5. The Labute approximate surface area is 176 Å². The normalized spacial score (nSPS) is 17.8. The summed E-state index contributed by atoms with van der Waals surface area (Å²) >= 11 is 0. The van der Waals surface area contributed by atoms with Gasteiger partial charge in [0, 0.05) is 12.1 Å². The van der Waals surface area contributed by atoms with Gasteiger partial charge >= 0.3 is 0 Å². The zero-order valence-corrected chi connectivity index (χ0v) is 17.1. The van der Waals surface area contributed by atoms with Gasteiger partial charge in [0.25, 0.3) is 11.7 Å². The summed E-state index contributed by atoms with van der Waals surface area (Å²) < 4.78 is 10.8. The molecular weight excluding hydrogens is 382 g/mol. The fraction of sp³-hybridized carbons (Fsp3) is 0.250. The van der Waals surface area contributed by atoms with Crippen LogP contribution >= 0.6 is 0 Å².